The monoisotopic (exact) mass is 338 g/mol. The number of hydrogen-bond acceptors (Lipinski definition) is 5. The van der Waals surface area contributed by atoms with Crippen LogP contribution in [0.5, 0.6) is 0 Å². The summed E-state index contributed by atoms with van der Waals surface area (Å²) in [6, 6.07) is 5.77. The Morgan fingerprint density at radius 3 is 3.16 bits per heavy atom. The van der Waals surface area contributed by atoms with E-state index in [-0.39, 0.29) is 17.7 Å². The molecule has 1 unspecified atom stereocenters. The van der Waals surface area contributed by atoms with E-state index in [9.17, 15) is 10.1 Å². The van der Waals surface area contributed by atoms with Gasteiger partial charge in [0.1, 0.15) is 11.9 Å². The maximum absolute atomic E-state index is 11.8. The third-order valence-corrected chi connectivity index (χ3v) is 4.53. The molecule has 0 spiro atoms. The van der Waals surface area contributed by atoms with Gasteiger partial charge in [-0.2, -0.15) is 10.4 Å². The number of nitrogens with zero attached hydrogens (tertiary/aromatic N) is 4. The van der Waals surface area contributed by atoms with Gasteiger partial charge in [0, 0.05) is 48.9 Å². The minimum atomic E-state index is -0.0362. The molecule has 1 aliphatic heterocycles. The average Bonchev–Trinajstić information content (AvgIpc) is 3.28. The van der Waals surface area contributed by atoms with Gasteiger partial charge in [-0.25, -0.2) is 4.98 Å². The van der Waals surface area contributed by atoms with Crippen LogP contribution < -0.4 is 10.2 Å². The summed E-state index contributed by atoms with van der Waals surface area (Å²) in [6.07, 6.45) is 4.45. The van der Waals surface area contributed by atoms with Crippen LogP contribution in [0.4, 0.5) is 5.82 Å². The Hall–Kier alpha value is -2.88. The Kier molecular flexibility index (Phi) is 4.98. The van der Waals surface area contributed by atoms with Gasteiger partial charge in [0.15, 0.2) is 0 Å². The van der Waals surface area contributed by atoms with Crippen molar-refractivity contribution in [3.05, 3.63) is 41.3 Å². The summed E-state index contributed by atoms with van der Waals surface area (Å²) in [6.45, 7) is 5.85. The fraction of sp³-hybridized carbons (Fsp3) is 0.444. The molecule has 130 valence electrons. The lowest BCUT2D eigenvalue weighted by Crippen LogP contribution is -2.27. The summed E-state index contributed by atoms with van der Waals surface area (Å²) in [5, 5.41) is 19.5. The maximum Gasteiger partial charge on any atom is 0.222 e. The molecule has 1 saturated heterocycles. The van der Waals surface area contributed by atoms with E-state index in [4.69, 9.17) is 0 Å². The third-order valence-electron chi connectivity index (χ3n) is 4.53. The van der Waals surface area contributed by atoms with Crippen molar-refractivity contribution in [2.24, 2.45) is 5.92 Å². The molecule has 7 heteroatoms. The van der Waals surface area contributed by atoms with Crippen LogP contribution in [0.15, 0.2) is 24.5 Å². The molecule has 0 bridgehead atoms. The Balaban J connectivity index is 1.70. The van der Waals surface area contributed by atoms with Crippen LogP contribution in [0.3, 0.4) is 0 Å². The number of H-pyrrole nitrogens is 1. The quantitative estimate of drug-likeness (QED) is 0.868. The van der Waals surface area contributed by atoms with Gasteiger partial charge in [0.25, 0.3) is 0 Å². The predicted octanol–water partition coefficient (Wildman–Crippen LogP) is 1.94. The van der Waals surface area contributed by atoms with Crippen molar-refractivity contribution in [2.45, 2.75) is 32.7 Å². The molecule has 3 rings (SSSR count). The highest BCUT2D eigenvalue weighted by Gasteiger charge is 2.29. The Labute approximate surface area is 147 Å². The minimum absolute atomic E-state index is 0.0346. The summed E-state index contributed by atoms with van der Waals surface area (Å²) < 4.78 is 0. The molecule has 25 heavy (non-hydrogen) atoms. The predicted molar refractivity (Wildman–Crippen MR) is 93.8 cm³/mol. The summed E-state index contributed by atoms with van der Waals surface area (Å²) in [5.41, 5.74) is 2.67. The van der Waals surface area contributed by atoms with Crippen LogP contribution in [0.25, 0.3) is 0 Å². The lowest BCUT2D eigenvalue weighted by molar-refractivity contribution is -0.124. The van der Waals surface area contributed by atoms with E-state index < -0.39 is 0 Å². The van der Waals surface area contributed by atoms with Gasteiger partial charge in [0.05, 0.1) is 11.8 Å². The number of pyridine rings is 1. The van der Waals surface area contributed by atoms with Gasteiger partial charge in [0.2, 0.25) is 5.91 Å². The number of aromatic nitrogens is 3. The molecule has 2 N–H and O–H groups in total. The van der Waals surface area contributed by atoms with Crippen LogP contribution in [0.2, 0.25) is 0 Å². The zero-order valence-corrected chi connectivity index (χ0v) is 14.5. The van der Waals surface area contributed by atoms with Gasteiger partial charge in [-0.1, -0.05) is 13.8 Å². The summed E-state index contributed by atoms with van der Waals surface area (Å²) in [5.74, 6) is 1.02. The van der Waals surface area contributed by atoms with Gasteiger partial charge in [-0.15, -0.1) is 0 Å². The second kappa shape index (κ2) is 7.34. The van der Waals surface area contributed by atoms with E-state index in [1.165, 1.54) is 0 Å². The average molecular weight is 338 g/mol. The van der Waals surface area contributed by atoms with E-state index >= 15 is 0 Å². The van der Waals surface area contributed by atoms with Crippen LogP contribution in [-0.4, -0.2) is 34.2 Å². The summed E-state index contributed by atoms with van der Waals surface area (Å²) >= 11 is 0. The highest BCUT2D eigenvalue weighted by molar-refractivity contribution is 5.77. The first-order valence-corrected chi connectivity index (χ1v) is 8.50. The third kappa shape index (κ3) is 3.63. The van der Waals surface area contributed by atoms with Crippen molar-refractivity contribution in [1.82, 2.24) is 20.5 Å². The van der Waals surface area contributed by atoms with E-state index in [1.807, 2.05) is 13.8 Å². The lowest BCUT2D eigenvalue weighted by Gasteiger charge is -2.18. The minimum Gasteiger partial charge on any atom is -0.355 e. The van der Waals surface area contributed by atoms with Crippen LogP contribution in [0.1, 0.15) is 43.0 Å². The van der Waals surface area contributed by atoms with Crippen LogP contribution in [-0.2, 0) is 11.3 Å². The molecule has 2 aromatic heterocycles. The Morgan fingerprint density at radius 1 is 1.56 bits per heavy atom. The first-order valence-electron chi connectivity index (χ1n) is 8.50. The molecular weight excluding hydrogens is 316 g/mol. The largest absolute Gasteiger partial charge is 0.355 e. The smallest absolute Gasteiger partial charge is 0.222 e. The van der Waals surface area contributed by atoms with Gasteiger partial charge in [-0.3, -0.25) is 9.89 Å². The first-order chi connectivity index (χ1) is 12.1. The highest BCUT2D eigenvalue weighted by atomic mass is 16.1. The fourth-order valence-corrected chi connectivity index (χ4v) is 3.13. The molecule has 0 saturated carbocycles. The molecule has 0 radical (unpaired) electrons. The Bertz CT molecular complexity index is 791. The molecule has 1 amide bonds. The zero-order chi connectivity index (χ0) is 17.8. The van der Waals surface area contributed by atoms with Gasteiger partial charge < -0.3 is 10.2 Å². The molecule has 3 heterocycles. The summed E-state index contributed by atoms with van der Waals surface area (Å²) in [4.78, 5) is 18.3. The maximum atomic E-state index is 11.8. The first kappa shape index (κ1) is 17.0. The van der Waals surface area contributed by atoms with Gasteiger partial charge >= 0.3 is 0 Å². The number of amides is 1. The van der Waals surface area contributed by atoms with Crippen LogP contribution >= 0.6 is 0 Å². The number of carbonyl (C=O) groups excluding carboxylic acids is 1. The molecule has 0 aliphatic carbocycles. The number of anilines is 1. The standard InChI is InChI=1S/C18H22N6O/c1-12(2)18(25)21-9-15-10-22-23-16(15)14-5-7-24(11-14)17-13(8-19)4-3-6-20-17/h3-4,6,10,12,14H,5,7,9,11H2,1-2H3,(H,21,25)(H,22,23). The SMILES string of the molecule is CC(C)C(=O)NCc1cn[nH]c1C1CCN(c2ncccc2C#N)C1. The van der Waals surface area contributed by atoms with Crippen molar-refractivity contribution in [2.75, 3.05) is 18.0 Å². The molecule has 1 fully saturated rings. The van der Waals surface area contributed by atoms with Crippen molar-refractivity contribution < 1.29 is 4.79 Å². The van der Waals surface area contributed by atoms with E-state index in [0.717, 1.165) is 36.6 Å². The highest BCUT2D eigenvalue weighted by Crippen LogP contribution is 2.31. The fourth-order valence-electron chi connectivity index (χ4n) is 3.13. The number of rotatable bonds is 5. The van der Waals surface area contributed by atoms with Crippen molar-refractivity contribution in [3.8, 4) is 6.07 Å². The number of carbonyl (C=O) groups is 1. The van der Waals surface area contributed by atoms with Crippen molar-refractivity contribution in [3.63, 3.8) is 0 Å². The molecular formula is C18H22N6O. The van der Waals surface area contributed by atoms with E-state index in [1.54, 1.807) is 24.5 Å². The topological polar surface area (TPSA) is 97.7 Å². The molecule has 1 aliphatic rings. The van der Waals surface area contributed by atoms with E-state index in [2.05, 4.69) is 31.5 Å². The molecule has 1 atom stereocenters. The van der Waals surface area contributed by atoms with Crippen LogP contribution in [0, 0.1) is 17.2 Å². The molecule has 0 aromatic carbocycles. The molecule has 2 aromatic rings. The van der Waals surface area contributed by atoms with Gasteiger partial charge in [-0.05, 0) is 18.6 Å². The van der Waals surface area contributed by atoms with Crippen molar-refractivity contribution in [1.29, 1.82) is 5.26 Å². The number of nitriles is 1. The number of hydrogen-bond donors (Lipinski definition) is 2. The van der Waals surface area contributed by atoms with E-state index in [0.29, 0.717) is 12.1 Å². The Morgan fingerprint density at radius 2 is 2.40 bits per heavy atom. The summed E-state index contributed by atoms with van der Waals surface area (Å²) in [7, 11) is 0. The second-order valence-corrected chi connectivity index (χ2v) is 6.60. The normalized spacial score (nSPS) is 16.9. The van der Waals surface area contributed by atoms with Crippen molar-refractivity contribution >= 4 is 11.7 Å². The molecule has 7 nitrogen and oxygen atoms in total. The number of aromatic amines is 1. The lowest BCUT2D eigenvalue weighted by atomic mass is 10.0. The number of nitrogens with one attached hydrogen (secondary N) is 2. The zero-order valence-electron chi connectivity index (χ0n) is 14.5. The second-order valence-electron chi connectivity index (χ2n) is 6.60.